The summed E-state index contributed by atoms with van der Waals surface area (Å²) in [5, 5.41) is 2.89. The van der Waals surface area contributed by atoms with Gasteiger partial charge >= 0.3 is 0 Å². The number of anilines is 1. The van der Waals surface area contributed by atoms with Gasteiger partial charge in [-0.1, -0.05) is 26.0 Å². The first-order valence-electron chi connectivity index (χ1n) is 7.70. The third-order valence-corrected chi connectivity index (χ3v) is 4.29. The number of nitrogens with one attached hydrogen (secondary N) is 1. The molecule has 0 aromatic heterocycles. The zero-order valence-electron chi connectivity index (χ0n) is 13.9. The molecule has 0 spiro atoms. The van der Waals surface area contributed by atoms with Crippen molar-refractivity contribution in [3.05, 3.63) is 57.2 Å². The molecule has 0 unspecified atom stereocenters. The third kappa shape index (κ3) is 4.96. The second-order valence-electron chi connectivity index (χ2n) is 5.95. The lowest BCUT2D eigenvalue weighted by Crippen LogP contribution is -2.30. The van der Waals surface area contributed by atoms with Crippen LogP contribution in [0.5, 0.6) is 5.75 Å². The molecule has 0 heterocycles. The van der Waals surface area contributed by atoms with Crippen LogP contribution in [0.1, 0.15) is 37.8 Å². The van der Waals surface area contributed by atoms with Gasteiger partial charge in [0, 0.05) is 9.26 Å². The number of rotatable bonds is 5. The zero-order chi connectivity index (χ0) is 17.0. The van der Waals surface area contributed by atoms with Gasteiger partial charge in [-0.15, -0.1) is 0 Å². The van der Waals surface area contributed by atoms with Crippen LogP contribution in [0.4, 0.5) is 5.69 Å². The summed E-state index contributed by atoms with van der Waals surface area (Å²) in [6.07, 6.45) is -0.562. The lowest BCUT2D eigenvalue weighted by atomic mass is 10.0. The van der Waals surface area contributed by atoms with E-state index in [2.05, 4.69) is 53.9 Å². The van der Waals surface area contributed by atoms with Gasteiger partial charge in [0.2, 0.25) is 0 Å². The Bertz CT molecular complexity index is 680. The van der Waals surface area contributed by atoms with E-state index in [1.54, 1.807) is 6.92 Å². The number of carbonyl (C=O) groups excluding carboxylic acids is 1. The van der Waals surface area contributed by atoms with Gasteiger partial charge in [0.15, 0.2) is 6.10 Å². The van der Waals surface area contributed by atoms with Crippen molar-refractivity contribution in [3.8, 4) is 5.75 Å². The molecule has 0 aliphatic rings. The minimum Gasteiger partial charge on any atom is -0.481 e. The first-order valence-corrected chi connectivity index (χ1v) is 8.78. The second kappa shape index (κ2) is 7.81. The highest BCUT2D eigenvalue weighted by Crippen LogP contribution is 2.28. The lowest BCUT2D eigenvalue weighted by molar-refractivity contribution is -0.122. The number of halogens is 1. The van der Waals surface area contributed by atoms with Crippen LogP contribution >= 0.6 is 22.6 Å². The fourth-order valence-electron chi connectivity index (χ4n) is 2.24. The number of ether oxygens (including phenoxy) is 1. The molecule has 1 atom stereocenters. The maximum absolute atomic E-state index is 12.3. The number of amides is 1. The summed E-state index contributed by atoms with van der Waals surface area (Å²) in [6, 6.07) is 13.8. The molecule has 23 heavy (non-hydrogen) atoms. The Kier molecular flexibility index (Phi) is 6.04. The fourth-order valence-corrected chi connectivity index (χ4v) is 2.60. The molecule has 2 aromatic rings. The largest absolute Gasteiger partial charge is 0.481 e. The Morgan fingerprint density at radius 3 is 2.35 bits per heavy atom. The summed E-state index contributed by atoms with van der Waals surface area (Å²) in [5.41, 5.74) is 3.01. The maximum Gasteiger partial charge on any atom is 0.265 e. The number of aryl methyl sites for hydroxylation is 1. The van der Waals surface area contributed by atoms with Crippen molar-refractivity contribution >= 4 is 34.2 Å². The molecular weight excluding hydrogens is 401 g/mol. The van der Waals surface area contributed by atoms with E-state index >= 15 is 0 Å². The number of carbonyl (C=O) groups is 1. The normalized spacial score (nSPS) is 12.1. The Balaban J connectivity index is 2.09. The standard InChI is InChI=1S/C19H22INO2/c1-12(2)17-10-5-13(3)11-18(17)23-14(4)19(22)21-16-8-6-15(20)7-9-16/h5-12,14H,1-4H3,(H,21,22)/t14-/m1/s1. The number of benzene rings is 2. The minimum atomic E-state index is -0.562. The van der Waals surface area contributed by atoms with Crippen LogP contribution in [0.3, 0.4) is 0 Å². The summed E-state index contributed by atoms with van der Waals surface area (Å²) in [4.78, 5) is 12.3. The molecular formula is C19H22INO2. The SMILES string of the molecule is Cc1ccc(C(C)C)c(O[C@H](C)C(=O)Nc2ccc(I)cc2)c1. The Morgan fingerprint density at radius 1 is 1.09 bits per heavy atom. The van der Waals surface area contributed by atoms with Crippen LogP contribution in [-0.2, 0) is 4.79 Å². The minimum absolute atomic E-state index is 0.151. The molecule has 0 aliphatic heterocycles. The van der Waals surface area contributed by atoms with E-state index in [-0.39, 0.29) is 5.91 Å². The Hall–Kier alpha value is -1.56. The van der Waals surface area contributed by atoms with Gasteiger partial charge in [-0.05, 0) is 83.8 Å². The van der Waals surface area contributed by atoms with Crippen LogP contribution in [0.2, 0.25) is 0 Å². The van der Waals surface area contributed by atoms with Crippen molar-refractivity contribution < 1.29 is 9.53 Å². The molecule has 4 heteroatoms. The van der Waals surface area contributed by atoms with Crippen molar-refractivity contribution in [1.29, 1.82) is 0 Å². The van der Waals surface area contributed by atoms with Gasteiger partial charge in [-0.3, -0.25) is 4.79 Å². The van der Waals surface area contributed by atoms with Gasteiger partial charge < -0.3 is 10.1 Å². The van der Waals surface area contributed by atoms with Crippen LogP contribution in [-0.4, -0.2) is 12.0 Å². The van der Waals surface area contributed by atoms with Gasteiger partial charge in [0.25, 0.3) is 5.91 Å². The average Bonchev–Trinajstić information content (AvgIpc) is 2.49. The Morgan fingerprint density at radius 2 is 1.74 bits per heavy atom. The van der Waals surface area contributed by atoms with E-state index in [1.165, 1.54) is 0 Å². The molecule has 0 bridgehead atoms. The molecule has 0 radical (unpaired) electrons. The molecule has 0 fully saturated rings. The van der Waals surface area contributed by atoms with Crippen molar-refractivity contribution in [2.24, 2.45) is 0 Å². The molecule has 2 rings (SSSR count). The lowest BCUT2D eigenvalue weighted by Gasteiger charge is -2.19. The van der Waals surface area contributed by atoms with Crippen LogP contribution < -0.4 is 10.1 Å². The summed E-state index contributed by atoms with van der Waals surface area (Å²) in [6.45, 7) is 8.03. The summed E-state index contributed by atoms with van der Waals surface area (Å²) in [7, 11) is 0. The second-order valence-corrected chi connectivity index (χ2v) is 7.20. The van der Waals surface area contributed by atoms with E-state index in [1.807, 2.05) is 37.3 Å². The summed E-state index contributed by atoms with van der Waals surface area (Å²) >= 11 is 2.23. The Labute approximate surface area is 151 Å². The monoisotopic (exact) mass is 423 g/mol. The number of hydrogen-bond acceptors (Lipinski definition) is 2. The predicted molar refractivity (Wildman–Crippen MR) is 103 cm³/mol. The van der Waals surface area contributed by atoms with E-state index in [0.29, 0.717) is 5.92 Å². The van der Waals surface area contributed by atoms with Gasteiger partial charge in [0.05, 0.1) is 0 Å². The van der Waals surface area contributed by atoms with Gasteiger partial charge in [-0.25, -0.2) is 0 Å². The quantitative estimate of drug-likeness (QED) is 0.678. The molecule has 1 N–H and O–H groups in total. The van der Waals surface area contributed by atoms with Crippen molar-refractivity contribution in [1.82, 2.24) is 0 Å². The van der Waals surface area contributed by atoms with Gasteiger partial charge in [-0.2, -0.15) is 0 Å². The fraction of sp³-hybridized carbons (Fsp3) is 0.316. The summed E-state index contributed by atoms with van der Waals surface area (Å²) in [5.74, 6) is 0.977. The molecule has 122 valence electrons. The van der Waals surface area contributed by atoms with Crippen LogP contribution in [0.15, 0.2) is 42.5 Å². The highest BCUT2D eigenvalue weighted by atomic mass is 127. The number of hydrogen-bond donors (Lipinski definition) is 1. The third-order valence-electron chi connectivity index (χ3n) is 3.58. The smallest absolute Gasteiger partial charge is 0.265 e. The van der Waals surface area contributed by atoms with E-state index in [4.69, 9.17) is 4.74 Å². The molecule has 2 aromatic carbocycles. The topological polar surface area (TPSA) is 38.3 Å². The molecule has 0 saturated carbocycles. The van der Waals surface area contributed by atoms with E-state index in [9.17, 15) is 4.79 Å². The highest BCUT2D eigenvalue weighted by Gasteiger charge is 2.17. The summed E-state index contributed by atoms with van der Waals surface area (Å²) < 4.78 is 7.06. The van der Waals surface area contributed by atoms with Crippen molar-refractivity contribution in [2.75, 3.05) is 5.32 Å². The van der Waals surface area contributed by atoms with Crippen LogP contribution in [0, 0.1) is 10.5 Å². The first kappa shape index (κ1) is 17.8. The molecule has 3 nitrogen and oxygen atoms in total. The van der Waals surface area contributed by atoms with Crippen LogP contribution in [0.25, 0.3) is 0 Å². The zero-order valence-corrected chi connectivity index (χ0v) is 16.0. The average molecular weight is 423 g/mol. The van der Waals surface area contributed by atoms with E-state index in [0.717, 1.165) is 26.1 Å². The first-order chi connectivity index (χ1) is 10.9. The predicted octanol–water partition coefficient (Wildman–Crippen LogP) is 5.13. The van der Waals surface area contributed by atoms with E-state index < -0.39 is 6.10 Å². The van der Waals surface area contributed by atoms with Crippen molar-refractivity contribution in [3.63, 3.8) is 0 Å². The van der Waals surface area contributed by atoms with Crippen molar-refractivity contribution in [2.45, 2.75) is 39.7 Å². The molecule has 0 saturated heterocycles. The highest BCUT2D eigenvalue weighted by molar-refractivity contribution is 14.1. The van der Waals surface area contributed by atoms with Gasteiger partial charge in [0.1, 0.15) is 5.75 Å². The maximum atomic E-state index is 12.3. The molecule has 1 amide bonds. The molecule has 0 aliphatic carbocycles.